The van der Waals surface area contributed by atoms with Crippen molar-refractivity contribution >= 4 is 0 Å². The summed E-state index contributed by atoms with van der Waals surface area (Å²) < 4.78 is 0. The van der Waals surface area contributed by atoms with Crippen molar-refractivity contribution in [1.82, 2.24) is 0 Å². The van der Waals surface area contributed by atoms with Crippen LogP contribution in [-0.4, -0.2) is 0 Å². The van der Waals surface area contributed by atoms with Crippen molar-refractivity contribution in [1.29, 1.82) is 5.26 Å². The Kier molecular flexibility index (Phi) is 6.28. The maximum atomic E-state index is 8.82. The van der Waals surface area contributed by atoms with E-state index < -0.39 is 0 Å². The Morgan fingerprint density at radius 3 is 1.91 bits per heavy atom. The lowest BCUT2D eigenvalue weighted by molar-refractivity contribution is 0.679. The summed E-state index contributed by atoms with van der Waals surface area (Å²) in [6.07, 6.45) is 6.04. The van der Waals surface area contributed by atoms with E-state index in [2.05, 4.69) is 49.1 Å². The van der Waals surface area contributed by atoms with Crippen LogP contribution in [0.1, 0.15) is 50.2 Å². The zero-order valence-corrected chi connectivity index (χ0v) is 13.1. The van der Waals surface area contributed by atoms with Crippen molar-refractivity contribution in [3.63, 3.8) is 0 Å². The summed E-state index contributed by atoms with van der Waals surface area (Å²) in [7, 11) is 0. The lowest BCUT2D eigenvalue weighted by atomic mass is 10.0. The molecule has 0 unspecified atom stereocenters. The van der Waals surface area contributed by atoms with Crippen LogP contribution in [0.5, 0.6) is 0 Å². The van der Waals surface area contributed by atoms with Gasteiger partial charge in [-0.05, 0) is 41.8 Å². The SMILES string of the molecule is CCCCCCC#Cc1ccc(-c2ccc(C#N)cc2)cc1. The minimum atomic E-state index is 0.689. The van der Waals surface area contributed by atoms with Crippen LogP contribution in [0.3, 0.4) is 0 Å². The van der Waals surface area contributed by atoms with Crippen LogP contribution in [0.25, 0.3) is 11.1 Å². The molecule has 2 rings (SSSR count). The summed E-state index contributed by atoms with van der Waals surface area (Å²) in [6, 6.07) is 18.1. The van der Waals surface area contributed by atoms with Crippen molar-refractivity contribution in [2.45, 2.75) is 39.0 Å². The van der Waals surface area contributed by atoms with E-state index in [-0.39, 0.29) is 0 Å². The molecule has 0 amide bonds. The summed E-state index contributed by atoms with van der Waals surface area (Å²) in [4.78, 5) is 0. The Hall–Kier alpha value is -2.51. The number of nitrogens with zero attached hydrogens (tertiary/aromatic N) is 1. The van der Waals surface area contributed by atoms with E-state index in [4.69, 9.17) is 5.26 Å². The molecule has 0 fully saturated rings. The molecule has 2 aromatic carbocycles. The summed E-state index contributed by atoms with van der Waals surface area (Å²) in [5, 5.41) is 8.82. The zero-order chi connectivity index (χ0) is 15.6. The maximum Gasteiger partial charge on any atom is 0.0991 e. The lowest BCUT2D eigenvalue weighted by Gasteiger charge is -2.01. The first-order valence-electron chi connectivity index (χ1n) is 7.93. The molecule has 0 atom stereocenters. The Bertz CT molecular complexity index is 676. The molecule has 22 heavy (non-hydrogen) atoms. The fourth-order valence-electron chi connectivity index (χ4n) is 2.29. The second-order valence-corrected chi connectivity index (χ2v) is 5.38. The van der Waals surface area contributed by atoms with Crippen LogP contribution in [0.4, 0.5) is 0 Å². The van der Waals surface area contributed by atoms with Gasteiger partial charge >= 0.3 is 0 Å². The molecule has 0 spiro atoms. The second kappa shape index (κ2) is 8.71. The molecular weight excluding hydrogens is 266 g/mol. The van der Waals surface area contributed by atoms with Crippen molar-refractivity contribution in [2.24, 2.45) is 0 Å². The third-order valence-electron chi connectivity index (χ3n) is 3.62. The van der Waals surface area contributed by atoms with Gasteiger partial charge in [0.2, 0.25) is 0 Å². The third kappa shape index (κ3) is 4.80. The molecule has 0 heterocycles. The number of rotatable bonds is 5. The molecule has 0 N–H and O–H groups in total. The second-order valence-electron chi connectivity index (χ2n) is 5.38. The molecule has 0 saturated carbocycles. The molecule has 0 radical (unpaired) electrons. The van der Waals surface area contributed by atoms with Crippen LogP contribution < -0.4 is 0 Å². The lowest BCUT2D eigenvalue weighted by Crippen LogP contribution is -1.80. The van der Waals surface area contributed by atoms with E-state index >= 15 is 0 Å². The summed E-state index contributed by atoms with van der Waals surface area (Å²) >= 11 is 0. The van der Waals surface area contributed by atoms with Gasteiger partial charge in [-0.1, -0.05) is 62.3 Å². The zero-order valence-electron chi connectivity index (χ0n) is 13.1. The average Bonchev–Trinajstić information content (AvgIpc) is 2.59. The van der Waals surface area contributed by atoms with Gasteiger partial charge in [0.25, 0.3) is 0 Å². The normalized spacial score (nSPS) is 9.64. The van der Waals surface area contributed by atoms with E-state index in [0.29, 0.717) is 5.56 Å². The number of benzene rings is 2. The van der Waals surface area contributed by atoms with Crippen LogP contribution in [0.2, 0.25) is 0 Å². The Morgan fingerprint density at radius 1 is 0.773 bits per heavy atom. The molecule has 0 aromatic heterocycles. The quantitative estimate of drug-likeness (QED) is 0.522. The molecule has 1 nitrogen and oxygen atoms in total. The first-order chi connectivity index (χ1) is 10.8. The summed E-state index contributed by atoms with van der Waals surface area (Å²) in [5.41, 5.74) is 4.03. The number of hydrogen-bond acceptors (Lipinski definition) is 1. The third-order valence-corrected chi connectivity index (χ3v) is 3.62. The van der Waals surface area contributed by atoms with Crippen LogP contribution in [0.15, 0.2) is 48.5 Å². The highest BCUT2D eigenvalue weighted by molar-refractivity contribution is 5.65. The van der Waals surface area contributed by atoms with Crippen LogP contribution in [-0.2, 0) is 0 Å². The van der Waals surface area contributed by atoms with Gasteiger partial charge in [0.1, 0.15) is 0 Å². The molecule has 110 valence electrons. The number of hydrogen-bond donors (Lipinski definition) is 0. The van der Waals surface area contributed by atoms with Crippen molar-refractivity contribution in [3.8, 4) is 29.0 Å². The highest BCUT2D eigenvalue weighted by atomic mass is 14.2. The standard InChI is InChI=1S/C21H21N/c1-2-3-4-5-6-7-8-18-9-13-20(14-10-18)21-15-11-19(17-22)12-16-21/h9-16H,2-6H2,1H3. The van der Waals surface area contributed by atoms with Gasteiger partial charge in [0.05, 0.1) is 11.6 Å². The van der Waals surface area contributed by atoms with Gasteiger partial charge in [-0.15, -0.1) is 0 Å². The average molecular weight is 287 g/mol. The topological polar surface area (TPSA) is 23.8 Å². The predicted octanol–water partition coefficient (Wildman–Crippen LogP) is 5.55. The molecule has 0 aliphatic carbocycles. The first kappa shape index (κ1) is 15.9. The predicted molar refractivity (Wildman–Crippen MR) is 92.2 cm³/mol. The minimum Gasteiger partial charge on any atom is -0.192 e. The molecule has 1 heteroatoms. The molecule has 0 aliphatic heterocycles. The van der Waals surface area contributed by atoms with Gasteiger partial charge in [0.15, 0.2) is 0 Å². The van der Waals surface area contributed by atoms with Gasteiger partial charge in [0, 0.05) is 12.0 Å². The van der Waals surface area contributed by atoms with E-state index in [1.165, 1.54) is 25.7 Å². The number of nitriles is 1. The van der Waals surface area contributed by atoms with Gasteiger partial charge < -0.3 is 0 Å². The van der Waals surface area contributed by atoms with E-state index in [9.17, 15) is 0 Å². The minimum absolute atomic E-state index is 0.689. The van der Waals surface area contributed by atoms with Crippen molar-refractivity contribution < 1.29 is 0 Å². The monoisotopic (exact) mass is 287 g/mol. The molecule has 0 aliphatic rings. The molecule has 0 bridgehead atoms. The smallest absolute Gasteiger partial charge is 0.0991 e. The van der Waals surface area contributed by atoms with Gasteiger partial charge in [-0.25, -0.2) is 0 Å². The summed E-state index contributed by atoms with van der Waals surface area (Å²) in [6.45, 7) is 2.22. The first-order valence-corrected chi connectivity index (χ1v) is 7.93. The highest BCUT2D eigenvalue weighted by Crippen LogP contribution is 2.20. The highest BCUT2D eigenvalue weighted by Gasteiger charge is 1.97. The van der Waals surface area contributed by atoms with Gasteiger partial charge in [-0.2, -0.15) is 5.26 Å². The van der Waals surface area contributed by atoms with Crippen LogP contribution in [0, 0.1) is 23.2 Å². The Morgan fingerprint density at radius 2 is 1.36 bits per heavy atom. The van der Waals surface area contributed by atoms with E-state index in [1.54, 1.807) is 0 Å². The van der Waals surface area contributed by atoms with E-state index in [1.807, 2.05) is 24.3 Å². The van der Waals surface area contributed by atoms with Crippen LogP contribution >= 0.6 is 0 Å². The largest absolute Gasteiger partial charge is 0.192 e. The molecule has 0 saturated heterocycles. The Labute approximate surface area is 133 Å². The van der Waals surface area contributed by atoms with E-state index in [0.717, 1.165) is 23.1 Å². The fourth-order valence-corrected chi connectivity index (χ4v) is 2.29. The number of unbranched alkanes of at least 4 members (excludes halogenated alkanes) is 4. The Balaban J connectivity index is 1.95. The van der Waals surface area contributed by atoms with Crippen molar-refractivity contribution in [3.05, 3.63) is 59.7 Å². The fraction of sp³-hybridized carbons (Fsp3) is 0.286. The summed E-state index contributed by atoms with van der Waals surface area (Å²) in [5.74, 6) is 6.47. The molecule has 2 aromatic rings. The molecular formula is C21H21N. The maximum absolute atomic E-state index is 8.82. The van der Waals surface area contributed by atoms with Crippen molar-refractivity contribution in [2.75, 3.05) is 0 Å². The van der Waals surface area contributed by atoms with Gasteiger partial charge in [-0.3, -0.25) is 0 Å².